The number of rotatable bonds is 7. The van der Waals surface area contributed by atoms with E-state index in [-0.39, 0.29) is 28.4 Å². The highest BCUT2D eigenvalue weighted by atomic mass is 16.8. The summed E-state index contributed by atoms with van der Waals surface area (Å²) in [5, 5.41) is 103. The zero-order valence-corrected chi connectivity index (χ0v) is 26.5. The van der Waals surface area contributed by atoms with Crippen molar-refractivity contribution in [2.45, 2.75) is 99.9 Å². The number of phenols is 2. The Morgan fingerprint density at radius 1 is 0.700 bits per heavy atom. The molecule has 10 N–H and O–H groups in total. The maximum Gasteiger partial charge on any atom is 0.239 e. The summed E-state index contributed by atoms with van der Waals surface area (Å²) in [6.07, 6.45) is -21.4. The van der Waals surface area contributed by atoms with Gasteiger partial charge in [0, 0.05) is 17.7 Å². The van der Waals surface area contributed by atoms with Gasteiger partial charge in [0.1, 0.15) is 77.0 Å². The molecule has 4 heterocycles. The van der Waals surface area contributed by atoms with Gasteiger partial charge in [-0.1, -0.05) is 0 Å². The van der Waals surface area contributed by atoms with Crippen LogP contribution in [-0.4, -0.2) is 144 Å². The van der Waals surface area contributed by atoms with Crippen LogP contribution in [0, 0.1) is 0 Å². The van der Waals surface area contributed by atoms with Gasteiger partial charge in [-0.15, -0.1) is 0 Å². The van der Waals surface area contributed by atoms with Crippen molar-refractivity contribution in [3.05, 3.63) is 46.6 Å². The van der Waals surface area contributed by atoms with Crippen molar-refractivity contribution in [3.8, 4) is 34.3 Å². The minimum absolute atomic E-state index is 0.118. The lowest BCUT2D eigenvalue weighted by Crippen LogP contribution is -2.62. The second kappa shape index (κ2) is 14.2. The van der Waals surface area contributed by atoms with Crippen molar-refractivity contribution in [1.82, 2.24) is 0 Å². The van der Waals surface area contributed by atoms with Crippen LogP contribution >= 0.6 is 0 Å². The van der Waals surface area contributed by atoms with Gasteiger partial charge in [-0.25, -0.2) is 0 Å². The summed E-state index contributed by atoms with van der Waals surface area (Å²) in [5.74, 6) is -1.81. The Bertz CT molecular complexity index is 1710. The highest BCUT2D eigenvalue weighted by molar-refractivity contribution is 5.88. The zero-order chi connectivity index (χ0) is 36.2. The van der Waals surface area contributed by atoms with E-state index in [4.69, 9.17) is 32.8 Å². The number of aliphatic hydroxyl groups is 8. The summed E-state index contributed by atoms with van der Waals surface area (Å²) >= 11 is 0. The van der Waals surface area contributed by atoms with Crippen molar-refractivity contribution in [3.63, 3.8) is 0 Å². The highest BCUT2D eigenvalue weighted by Crippen LogP contribution is 2.39. The van der Waals surface area contributed by atoms with E-state index in [1.807, 2.05) is 0 Å². The molecule has 0 amide bonds. The first-order valence-electron chi connectivity index (χ1n) is 15.6. The molecule has 0 spiro atoms. The first-order valence-corrected chi connectivity index (χ1v) is 15.6. The third-order valence-electron chi connectivity index (χ3n) is 8.86. The maximum atomic E-state index is 13.9. The summed E-state index contributed by atoms with van der Waals surface area (Å²) in [5.41, 5.74) is -1.02. The molecule has 1 aromatic heterocycles. The number of hydrogen-bond acceptors (Lipinski definition) is 18. The van der Waals surface area contributed by atoms with Crippen LogP contribution in [0.4, 0.5) is 0 Å². The van der Waals surface area contributed by atoms with E-state index in [1.54, 1.807) is 0 Å². The van der Waals surface area contributed by atoms with Crippen LogP contribution < -0.4 is 14.9 Å². The number of aromatic hydroxyl groups is 2. The molecule has 0 radical (unpaired) electrons. The Hall–Kier alpha value is -3.63. The average Bonchev–Trinajstić information content (AvgIpc) is 3.08. The van der Waals surface area contributed by atoms with Crippen LogP contribution in [0.3, 0.4) is 0 Å². The molecule has 3 saturated heterocycles. The fourth-order valence-electron chi connectivity index (χ4n) is 5.89. The van der Waals surface area contributed by atoms with E-state index >= 15 is 0 Å². The molecular weight excluding hydrogens is 672 g/mol. The lowest BCUT2D eigenvalue weighted by Gasteiger charge is -2.44. The second-order valence-corrected chi connectivity index (χ2v) is 12.4. The van der Waals surface area contributed by atoms with Gasteiger partial charge in [0.25, 0.3) is 0 Å². The Labute approximate surface area is 282 Å². The maximum absolute atomic E-state index is 13.9. The first-order chi connectivity index (χ1) is 23.7. The monoisotopic (exact) mass is 710 g/mol. The van der Waals surface area contributed by atoms with Crippen LogP contribution in [0.1, 0.15) is 13.8 Å². The number of ether oxygens (including phenoxy) is 6. The predicted molar refractivity (Wildman–Crippen MR) is 164 cm³/mol. The number of aliphatic hydroxyl groups excluding tert-OH is 8. The highest BCUT2D eigenvalue weighted by Gasteiger charge is 2.49. The lowest BCUT2D eigenvalue weighted by molar-refractivity contribution is -0.341. The molecule has 274 valence electrons. The third kappa shape index (κ3) is 6.73. The fourth-order valence-corrected chi connectivity index (χ4v) is 5.89. The van der Waals surface area contributed by atoms with Gasteiger partial charge in [0.2, 0.25) is 23.8 Å². The second-order valence-electron chi connectivity index (χ2n) is 12.4. The Balaban J connectivity index is 1.37. The molecule has 0 bridgehead atoms. The average molecular weight is 711 g/mol. The fraction of sp³-hybridized carbons (Fsp3) is 0.531. The van der Waals surface area contributed by atoms with Gasteiger partial charge in [0.15, 0.2) is 18.2 Å². The summed E-state index contributed by atoms with van der Waals surface area (Å²) < 4.78 is 39.9. The number of phenolic OH excluding ortho intramolecular Hbond substituents is 2. The minimum Gasteiger partial charge on any atom is -0.508 e. The molecule has 14 atom stereocenters. The zero-order valence-electron chi connectivity index (χ0n) is 26.5. The Morgan fingerprint density at radius 3 is 2.00 bits per heavy atom. The molecule has 3 aliphatic rings. The smallest absolute Gasteiger partial charge is 0.239 e. The van der Waals surface area contributed by atoms with Crippen LogP contribution in [-0.2, 0) is 18.9 Å². The van der Waals surface area contributed by atoms with Crippen LogP contribution in [0.5, 0.6) is 23.0 Å². The van der Waals surface area contributed by atoms with E-state index in [0.29, 0.717) is 0 Å². The van der Waals surface area contributed by atoms with Gasteiger partial charge in [-0.2, -0.15) is 0 Å². The Morgan fingerprint density at radius 2 is 1.32 bits per heavy atom. The normalized spacial score (nSPS) is 37.8. The molecule has 18 nitrogen and oxygen atoms in total. The van der Waals surface area contributed by atoms with Crippen LogP contribution in [0.2, 0.25) is 0 Å². The van der Waals surface area contributed by atoms with Crippen LogP contribution in [0.15, 0.2) is 45.6 Å². The summed E-state index contributed by atoms with van der Waals surface area (Å²) in [6, 6.07) is 7.55. The molecular formula is C32H38O18. The molecule has 18 heteroatoms. The van der Waals surface area contributed by atoms with Crippen molar-refractivity contribution < 1.29 is 83.9 Å². The standard InChI is InChI=1S/C32H38O18/c1-10-19(36)23(40)26(43)31(45-10)49-28-22(39)18-15(34)7-14(8-17(18)48-27(28)12-3-5-13(33)6-4-12)47-32-29(24(41)20(37)11(2)46-32)50-30-25(42)21(38)16(35)9-44-30/h3-8,10-11,16,19-21,23-26,29-38,40-43H,9H2,1-2H3/t10-,11-,16-,19-,20-,21+,23+,24+,25-,26-,29-,30-,31-,32-/m0/s1. The van der Waals surface area contributed by atoms with E-state index in [2.05, 4.69) is 0 Å². The van der Waals surface area contributed by atoms with E-state index in [0.717, 1.165) is 6.07 Å². The van der Waals surface area contributed by atoms with Crippen LogP contribution in [0.25, 0.3) is 22.3 Å². The molecule has 0 saturated carbocycles. The SMILES string of the molecule is C[C@@H]1O[C@@H](Oc2c(-c3ccc(O)cc3)oc3cc(O[C@@H]4O[C@@H](C)[C@H](O)[C@@H](O)[C@@H]4O[C@@H]4OC[C@H](O)[C@@H](O)[C@@H]4O)cc(O)c3c2=O)[C@@H](O)[C@H](O)[C@H]1O. The molecule has 3 fully saturated rings. The van der Waals surface area contributed by atoms with Crippen molar-refractivity contribution in [1.29, 1.82) is 0 Å². The minimum atomic E-state index is -1.80. The molecule has 0 unspecified atom stereocenters. The summed E-state index contributed by atoms with van der Waals surface area (Å²) in [7, 11) is 0. The van der Waals surface area contributed by atoms with Crippen molar-refractivity contribution in [2.24, 2.45) is 0 Å². The molecule has 2 aromatic carbocycles. The first kappa shape index (κ1) is 36.2. The third-order valence-corrected chi connectivity index (χ3v) is 8.86. The molecule has 3 aromatic rings. The molecule has 0 aliphatic carbocycles. The van der Waals surface area contributed by atoms with Gasteiger partial charge in [-0.05, 0) is 38.1 Å². The summed E-state index contributed by atoms with van der Waals surface area (Å²) in [6.45, 7) is 2.43. The topological polar surface area (TPSA) is 288 Å². The van der Waals surface area contributed by atoms with Crippen molar-refractivity contribution >= 4 is 11.0 Å². The van der Waals surface area contributed by atoms with E-state index in [1.165, 1.54) is 44.2 Å². The lowest BCUT2D eigenvalue weighted by atomic mass is 9.99. The number of hydrogen-bond donors (Lipinski definition) is 10. The quantitative estimate of drug-likeness (QED) is 0.124. The van der Waals surface area contributed by atoms with Gasteiger partial charge in [-0.3, -0.25) is 4.79 Å². The predicted octanol–water partition coefficient (Wildman–Crippen LogP) is -2.25. The van der Waals surface area contributed by atoms with E-state index < -0.39 is 115 Å². The van der Waals surface area contributed by atoms with Gasteiger partial charge >= 0.3 is 0 Å². The molecule has 50 heavy (non-hydrogen) atoms. The largest absolute Gasteiger partial charge is 0.508 e. The van der Waals surface area contributed by atoms with Crippen molar-refractivity contribution in [2.75, 3.05) is 6.61 Å². The molecule has 6 rings (SSSR count). The number of benzene rings is 2. The molecule has 3 aliphatic heterocycles. The van der Waals surface area contributed by atoms with E-state index in [9.17, 15) is 55.9 Å². The summed E-state index contributed by atoms with van der Waals surface area (Å²) in [4.78, 5) is 13.9. The van der Waals surface area contributed by atoms with Gasteiger partial charge < -0.3 is 83.9 Å². The number of fused-ring (bicyclic) bond motifs is 1. The van der Waals surface area contributed by atoms with Gasteiger partial charge in [0.05, 0.1) is 18.8 Å². The Kier molecular flexibility index (Phi) is 10.3.